The van der Waals surface area contributed by atoms with Gasteiger partial charge in [0.25, 0.3) is 0 Å². The van der Waals surface area contributed by atoms with Crippen molar-refractivity contribution in [1.82, 2.24) is 9.55 Å². The number of halogens is 3. The zero-order valence-corrected chi connectivity index (χ0v) is 13.9. The van der Waals surface area contributed by atoms with Crippen LogP contribution in [-0.2, 0) is 0 Å². The molecule has 7 heteroatoms. The molecule has 2 aromatic carbocycles. The molecule has 0 radical (unpaired) electrons. The fourth-order valence-corrected chi connectivity index (χ4v) is 3.04. The minimum absolute atomic E-state index is 0.464. The lowest BCUT2D eigenvalue weighted by molar-refractivity contribution is 0.415. The van der Waals surface area contributed by atoms with Gasteiger partial charge in [0.2, 0.25) is 0 Å². The largest absolute Gasteiger partial charge is 0.495 e. The number of H-pyrrole nitrogens is 1. The summed E-state index contributed by atoms with van der Waals surface area (Å²) in [5, 5.41) is 1.44. The Bertz CT molecular complexity index is 901. The Morgan fingerprint density at radius 1 is 1.05 bits per heavy atom. The predicted octanol–water partition coefficient (Wildman–Crippen LogP) is 5.66. The van der Waals surface area contributed by atoms with Crippen LogP contribution in [0.2, 0.25) is 15.1 Å². The van der Waals surface area contributed by atoms with Gasteiger partial charge in [-0.15, -0.1) is 0 Å². The molecule has 0 saturated heterocycles. The molecule has 1 heterocycles. The SMILES string of the molecule is COc1ccc(-n2c(=S)[nH]c3cc(Cl)c(Cl)cc32)cc1Cl. The minimum Gasteiger partial charge on any atom is -0.495 e. The van der Waals surface area contributed by atoms with Crippen molar-refractivity contribution in [2.45, 2.75) is 0 Å². The van der Waals surface area contributed by atoms with Crippen LogP contribution in [0.15, 0.2) is 30.3 Å². The van der Waals surface area contributed by atoms with Gasteiger partial charge in [-0.05, 0) is 42.5 Å². The third kappa shape index (κ3) is 2.53. The van der Waals surface area contributed by atoms with E-state index in [-0.39, 0.29) is 0 Å². The van der Waals surface area contributed by atoms with Gasteiger partial charge in [0.1, 0.15) is 5.75 Å². The lowest BCUT2D eigenvalue weighted by Crippen LogP contribution is -1.95. The van der Waals surface area contributed by atoms with Crippen LogP contribution >= 0.6 is 47.0 Å². The molecule has 21 heavy (non-hydrogen) atoms. The third-order valence-electron chi connectivity index (χ3n) is 3.12. The van der Waals surface area contributed by atoms with E-state index in [1.807, 2.05) is 10.6 Å². The molecule has 1 N–H and O–H groups in total. The number of rotatable bonds is 2. The van der Waals surface area contributed by atoms with Crippen LogP contribution in [0.4, 0.5) is 0 Å². The van der Waals surface area contributed by atoms with Crippen LogP contribution < -0.4 is 4.74 Å². The van der Waals surface area contributed by atoms with Crippen LogP contribution in [0.3, 0.4) is 0 Å². The fourth-order valence-electron chi connectivity index (χ4n) is 2.15. The normalized spacial score (nSPS) is 11.0. The van der Waals surface area contributed by atoms with E-state index in [1.54, 1.807) is 31.4 Å². The maximum atomic E-state index is 6.18. The molecule has 108 valence electrons. The lowest BCUT2D eigenvalue weighted by atomic mass is 10.2. The van der Waals surface area contributed by atoms with Crippen LogP contribution in [0.25, 0.3) is 16.7 Å². The molecule has 0 saturated carbocycles. The van der Waals surface area contributed by atoms with Crippen molar-refractivity contribution >= 4 is 58.1 Å². The Hall–Kier alpha value is -1.20. The van der Waals surface area contributed by atoms with Gasteiger partial charge in [-0.1, -0.05) is 34.8 Å². The Labute approximate surface area is 141 Å². The van der Waals surface area contributed by atoms with E-state index in [1.165, 1.54) is 0 Å². The highest BCUT2D eigenvalue weighted by Gasteiger charge is 2.11. The predicted molar refractivity (Wildman–Crippen MR) is 90.0 cm³/mol. The smallest absolute Gasteiger partial charge is 0.182 e. The Morgan fingerprint density at radius 3 is 2.43 bits per heavy atom. The first-order chi connectivity index (χ1) is 10.0. The van der Waals surface area contributed by atoms with Crippen molar-refractivity contribution in [2.75, 3.05) is 7.11 Å². The van der Waals surface area contributed by atoms with Crippen molar-refractivity contribution in [3.63, 3.8) is 0 Å². The molecular formula is C14H9Cl3N2OS. The zero-order valence-electron chi connectivity index (χ0n) is 10.8. The zero-order chi connectivity index (χ0) is 15.1. The van der Waals surface area contributed by atoms with Crippen LogP contribution in [0.1, 0.15) is 0 Å². The lowest BCUT2D eigenvalue weighted by Gasteiger charge is -2.08. The standard InChI is InChI=1S/C14H9Cl3N2OS/c1-20-13-3-2-7(4-10(13)17)19-12-6-9(16)8(15)5-11(12)18-14(19)21/h2-6H,1H3,(H,18,21). The van der Waals surface area contributed by atoms with Crippen LogP contribution in [-0.4, -0.2) is 16.7 Å². The number of imidazole rings is 1. The Morgan fingerprint density at radius 2 is 1.76 bits per heavy atom. The summed E-state index contributed by atoms with van der Waals surface area (Å²) in [6, 6.07) is 8.96. The van der Waals surface area contributed by atoms with Crippen molar-refractivity contribution in [1.29, 1.82) is 0 Å². The van der Waals surface area contributed by atoms with E-state index < -0.39 is 0 Å². The molecule has 3 rings (SSSR count). The highest BCUT2D eigenvalue weighted by molar-refractivity contribution is 7.71. The van der Waals surface area contributed by atoms with E-state index in [4.69, 9.17) is 51.8 Å². The number of benzene rings is 2. The van der Waals surface area contributed by atoms with Crippen LogP contribution in [0.5, 0.6) is 5.75 Å². The molecule has 0 amide bonds. The molecule has 3 aromatic rings. The van der Waals surface area contributed by atoms with Gasteiger partial charge in [0.05, 0.1) is 38.9 Å². The summed E-state index contributed by atoms with van der Waals surface area (Å²) in [5.41, 5.74) is 2.45. The molecule has 0 spiro atoms. The summed E-state index contributed by atoms with van der Waals surface area (Å²) in [6.45, 7) is 0. The van der Waals surface area contributed by atoms with Crippen LogP contribution in [0, 0.1) is 4.77 Å². The molecule has 0 aliphatic carbocycles. The van der Waals surface area contributed by atoms with E-state index in [9.17, 15) is 0 Å². The first-order valence-corrected chi connectivity index (χ1v) is 7.49. The molecule has 0 aliphatic rings. The first kappa shape index (κ1) is 14.7. The maximum Gasteiger partial charge on any atom is 0.182 e. The Balaban J connectivity index is 2.29. The number of ether oxygens (including phenoxy) is 1. The number of methoxy groups -OCH3 is 1. The van der Waals surface area contributed by atoms with Gasteiger partial charge in [-0.2, -0.15) is 0 Å². The van der Waals surface area contributed by atoms with E-state index in [0.717, 1.165) is 16.7 Å². The number of hydrogen-bond donors (Lipinski definition) is 1. The highest BCUT2D eigenvalue weighted by atomic mass is 35.5. The van der Waals surface area contributed by atoms with E-state index >= 15 is 0 Å². The average molecular weight is 360 g/mol. The van der Waals surface area contributed by atoms with Crippen molar-refractivity contribution in [3.05, 3.63) is 50.2 Å². The minimum atomic E-state index is 0.464. The number of nitrogens with one attached hydrogen (secondary N) is 1. The molecule has 3 nitrogen and oxygen atoms in total. The van der Waals surface area contributed by atoms with Gasteiger partial charge in [-0.25, -0.2) is 0 Å². The first-order valence-electron chi connectivity index (χ1n) is 5.95. The van der Waals surface area contributed by atoms with Gasteiger partial charge >= 0.3 is 0 Å². The average Bonchev–Trinajstić information content (AvgIpc) is 2.74. The van der Waals surface area contributed by atoms with Gasteiger partial charge in [0, 0.05) is 0 Å². The summed E-state index contributed by atoms with van der Waals surface area (Å²) in [5.74, 6) is 0.604. The topological polar surface area (TPSA) is 29.9 Å². The fraction of sp³-hybridized carbons (Fsp3) is 0.0714. The number of nitrogens with zero attached hydrogens (tertiary/aromatic N) is 1. The Kier molecular flexibility index (Phi) is 3.88. The second kappa shape index (κ2) is 5.54. The van der Waals surface area contributed by atoms with Gasteiger partial charge < -0.3 is 9.72 Å². The van der Waals surface area contributed by atoms with Crippen molar-refractivity contribution in [3.8, 4) is 11.4 Å². The van der Waals surface area contributed by atoms with Crippen molar-refractivity contribution < 1.29 is 4.74 Å². The molecule has 0 atom stereocenters. The second-order valence-electron chi connectivity index (χ2n) is 4.37. The van der Waals surface area contributed by atoms with Gasteiger partial charge in [-0.3, -0.25) is 4.57 Å². The van der Waals surface area contributed by atoms with E-state index in [2.05, 4.69) is 4.98 Å². The monoisotopic (exact) mass is 358 g/mol. The van der Waals surface area contributed by atoms with Crippen molar-refractivity contribution in [2.24, 2.45) is 0 Å². The van der Waals surface area contributed by atoms with E-state index in [0.29, 0.717) is 25.6 Å². The van der Waals surface area contributed by atoms with Gasteiger partial charge in [0.15, 0.2) is 4.77 Å². The quantitative estimate of drug-likeness (QED) is 0.599. The summed E-state index contributed by atoms with van der Waals surface area (Å²) in [6.07, 6.45) is 0. The highest BCUT2D eigenvalue weighted by Crippen LogP contribution is 2.31. The second-order valence-corrected chi connectivity index (χ2v) is 5.98. The summed E-state index contributed by atoms with van der Waals surface area (Å²) in [7, 11) is 1.57. The third-order valence-corrected chi connectivity index (χ3v) is 4.42. The number of hydrogen-bond acceptors (Lipinski definition) is 2. The molecule has 0 aliphatic heterocycles. The molecule has 1 aromatic heterocycles. The molecule has 0 unspecified atom stereocenters. The maximum absolute atomic E-state index is 6.18. The molecular weight excluding hydrogens is 351 g/mol. The summed E-state index contributed by atoms with van der Waals surface area (Å²) < 4.78 is 7.53. The number of aromatic amines is 1. The molecule has 0 fully saturated rings. The summed E-state index contributed by atoms with van der Waals surface area (Å²) in [4.78, 5) is 3.10. The summed E-state index contributed by atoms with van der Waals surface area (Å²) >= 11 is 23.7. The molecule has 0 bridgehead atoms. The number of fused-ring (bicyclic) bond motifs is 1. The number of aromatic nitrogens is 2.